The molecule has 1 N–H and O–H groups in total. The van der Waals surface area contributed by atoms with Crippen LogP contribution in [0.1, 0.15) is 16.7 Å². The maximum Gasteiger partial charge on any atom is 0.411 e. The van der Waals surface area contributed by atoms with Crippen molar-refractivity contribution in [2.24, 2.45) is 0 Å². The summed E-state index contributed by atoms with van der Waals surface area (Å²) in [7, 11) is -3.60. The summed E-state index contributed by atoms with van der Waals surface area (Å²) >= 11 is 0. The molecule has 2 amide bonds. The molecule has 11 heteroatoms. The molecule has 0 radical (unpaired) electrons. The largest absolute Gasteiger partial charge is 0.411 e. The molecule has 1 aliphatic heterocycles. The van der Waals surface area contributed by atoms with E-state index in [4.69, 9.17) is 0 Å². The van der Waals surface area contributed by atoms with Crippen molar-refractivity contribution in [1.29, 1.82) is 0 Å². The third-order valence-electron chi connectivity index (χ3n) is 5.19. The summed E-state index contributed by atoms with van der Waals surface area (Å²) in [6.45, 7) is 1.62. The number of amides is 2. The second-order valence-corrected chi connectivity index (χ2v) is 9.73. The van der Waals surface area contributed by atoms with Gasteiger partial charge in [0.05, 0.1) is 11.5 Å². The van der Waals surface area contributed by atoms with Crippen molar-refractivity contribution in [2.45, 2.75) is 31.1 Å². The number of urea groups is 1. The van der Waals surface area contributed by atoms with Crippen LogP contribution in [0.15, 0.2) is 53.4 Å². The normalized spacial score (nSPS) is 15.5. The number of piperazine rings is 1. The summed E-state index contributed by atoms with van der Waals surface area (Å²) < 4.78 is 67.9. The number of carbonyl (C=O) groups is 1. The molecule has 0 spiro atoms. The summed E-state index contributed by atoms with van der Waals surface area (Å²) in [6.07, 6.45) is -4.36. The monoisotopic (exact) mass is 485 g/mol. The highest BCUT2D eigenvalue weighted by molar-refractivity contribution is 7.89. The van der Waals surface area contributed by atoms with Crippen LogP contribution >= 0.6 is 0 Å². The van der Waals surface area contributed by atoms with E-state index in [1.165, 1.54) is 4.31 Å². The maximum atomic E-state index is 12.8. The van der Waals surface area contributed by atoms with Crippen molar-refractivity contribution >= 4 is 16.1 Å². The predicted octanol–water partition coefficient (Wildman–Crippen LogP) is 3.29. The van der Waals surface area contributed by atoms with Crippen molar-refractivity contribution in [3.8, 4) is 0 Å². The topological polar surface area (TPSA) is 79.0 Å². The molecule has 1 saturated heterocycles. The van der Waals surface area contributed by atoms with Crippen LogP contribution in [-0.2, 0) is 27.9 Å². The minimum atomic E-state index is -4.36. The second kappa shape index (κ2) is 10.5. The Labute approximate surface area is 191 Å². The van der Waals surface area contributed by atoms with Crippen LogP contribution in [0, 0.1) is 6.92 Å². The Kier molecular flexibility index (Phi) is 7.98. The zero-order chi connectivity index (χ0) is 24.1. The lowest BCUT2D eigenvalue weighted by Gasteiger charge is -2.34. The molecule has 33 heavy (non-hydrogen) atoms. The van der Waals surface area contributed by atoms with Crippen LogP contribution in [-0.4, -0.2) is 62.6 Å². The van der Waals surface area contributed by atoms with Crippen LogP contribution < -0.4 is 5.32 Å². The molecule has 1 aliphatic rings. The van der Waals surface area contributed by atoms with Crippen molar-refractivity contribution in [3.05, 3.63) is 65.2 Å². The van der Waals surface area contributed by atoms with E-state index in [2.05, 4.69) is 10.1 Å². The fourth-order valence-electron chi connectivity index (χ4n) is 3.32. The van der Waals surface area contributed by atoms with E-state index < -0.39 is 22.8 Å². The molecule has 1 heterocycles. The number of benzene rings is 2. The van der Waals surface area contributed by atoms with Gasteiger partial charge in [0.1, 0.15) is 6.61 Å². The van der Waals surface area contributed by atoms with E-state index in [-0.39, 0.29) is 50.3 Å². The summed E-state index contributed by atoms with van der Waals surface area (Å²) in [4.78, 5) is 14.2. The van der Waals surface area contributed by atoms with Gasteiger partial charge in [0.15, 0.2) is 0 Å². The summed E-state index contributed by atoms with van der Waals surface area (Å²) in [5.74, 6) is 0. The van der Waals surface area contributed by atoms with Gasteiger partial charge in [-0.2, -0.15) is 17.5 Å². The molecule has 0 aliphatic carbocycles. The highest BCUT2D eigenvalue weighted by Gasteiger charge is 2.30. The average Bonchev–Trinajstić information content (AvgIpc) is 2.78. The number of sulfonamides is 1. The van der Waals surface area contributed by atoms with Gasteiger partial charge in [-0.05, 0) is 30.2 Å². The average molecular weight is 486 g/mol. The quantitative estimate of drug-likeness (QED) is 0.653. The summed E-state index contributed by atoms with van der Waals surface area (Å²) in [5, 5.41) is 2.78. The van der Waals surface area contributed by atoms with Gasteiger partial charge in [-0.15, -0.1) is 0 Å². The van der Waals surface area contributed by atoms with Gasteiger partial charge >= 0.3 is 12.2 Å². The van der Waals surface area contributed by atoms with E-state index in [0.717, 1.165) is 11.1 Å². The van der Waals surface area contributed by atoms with Crippen LogP contribution in [0.25, 0.3) is 0 Å². The minimum absolute atomic E-state index is 0.151. The second-order valence-electron chi connectivity index (χ2n) is 7.79. The number of hydrogen-bond acceptors (Lipinski definition) is 4. The van der Waals surface area contributed by atoms with E-state index in [9.17, 15) is 26.4 Å². The fraction of sp³-hybridized carbons (Fsp3) is 0.409. The Bertz CT molecular complexity index is 1030. The smallest absolute Gasteiger partial charge is 0.367 e. The minimum Gasteiger partial charge on any atom is -0.367 e. The van der Waals surface area contributed by atoms with E-state index in [0.29, 0.717) is 5.56 Å². The lowest BCUT2D eigenvalue weighted by molar-refractivity contribution is -0.176. The zero-order valence-electron chi connectivity index (χ0n) is 18.1. The molecule has 0 atom stereocenters. The van der Waals surface area contributed by atoms with Crippen molar-refractivity contribution in [1.82, 2.24) is 14.5 Å². The number of rotatable bonds is 7. The highest BCUT2D eigenvalue weighted by atomic mass is 32.2. The Morgan fingerprint density at radius 2 is 1.55 bits per heavy atom. The Morgan fingerprint density at radius 3 is 2.12 bits per heavy atom. The fourth-order valence-corrected chi connectivity index (χ4v) is 4.74. The number of nitrogens with zero attached hydrogens (tertiary/aromatic N) is 2. The van der Waals surface area contributed by atoms with Crippen LogP contribution in [0.4, 0.5) is 18.0 Å². The maximum absolute atomic E-state index is 12.8. The first kappa shape index (κ1) is 25.0. The molecule has 2 aromatic carbocycles. The molecular formula is C22H26F3N3O4S. The van der Waals surface area contributed by atoms with Gasteiger partial charge in [0.25, 0.3) is 0 Å². The number of nitrogens with one attached hydrogen (secondary N) is 1. The van der Waals surface area contributed by atoms with Crippen molar-refractivity contribution in [2.75, 3.05) is 32.8 Å². The van der Waals surface area contributed by atoms with Crippen LogP contribution in [0.5, 0.6) is 0 Å². The van der Waals surface area contributed by atoms with E-state index >= 15 is 0 Å². The lowest BCUT2D eigenvalue weighted by Crippen LogP contribution is -2.52. The Hall–Kier alpha value is -2.63. The molecule has 2 aromatic rings. The molecular weight excluding hydrogens is 459 g/mol. The van der Waals surface area contributed by atoms with E-state index in [1.807, 2.05) is 6.92 Å². The lowest BCUT2D eigenvalue weighted by atomic mass is 10.1. The van der Waals surface area contributed by atoms with Gasteiger partial charge in [-0.25, -0.2) is 13.2 Å². The summed E-state index contributed by atoms with van der Waals surface area (Å²) in [5.41, 5.74) is 2.35. The van der Waals surface area contributed by atoms with E-state index in [1.54, 1.807) is 53.4 Å². The Morgan fingerprint density at radius 1 is 0.970 bits per heavy atom. The van der Waals surface area contributed by atoms with Crippen molar-refractivity contribution < 1.29 is 31.1 Å². The molecule has 0 bridgehead atoms. The number of aryl methyl sites for hydroxylation is 1. The molecule has 0 aromatic heterocycles. The van der Waals surface area contributed by atoms with Crippen LogP contribution in [0.2, 0.25) is 0 Å². The number of ether oxygens (including phenoxy) is 1. The van der Waals surface area contributed by atoms with Crippen LogP contribution in [0.3, 0.4) is 0 Å². The molecule has 0 unspecified atom stereocenters. The number of alkyl halides is 3. The number of hydrogen-bond donors (Lipinski definition) is 1. The molecule has 180 valence electrons. The number of halogens is 3. The molecule has 3 rings (SSSR count). The third-order valence-corrected chi connectivity index (χ3v) is 7.10. The molecule has 7 nitrogen and oxygen atoms in total. The van der Waals surface area contributed by atoms with Gasteiger partial charge in [0, 0.05) is 32.7 Å². The van der Waals surface area contributed by atoms with Gasteiger partial charge in [-0.1, -0.05) is 42.0 Å². The van der Waals surface area contributed by atoms with Crippen molar-refractivity contribution in [3.63, 3.8) is 0 Å². The molecule has 1 fully saturated rings. The number of carbonyl (C=O) groups excluding carboxylic acids is 1. The first-order valence-corrected chi connectivity index (χ1v) is 11.8. The standard InChI is InChI=1S/C22H26F3N3O4S/c1-17-2-8-20(9-3-17)33(30,31)28-12-10-27(11-13-28)21(29)26-14-18-4-6-19(7-5-18)15-32-16-22(23,24)25/h2-9H,10-16H2,1H3,(H,26,29). The third kappa shape index (κ3) is 7.18. The summed E-state index contributed by atoms with van der Waals surface area (Å²) in [6, 6.07) is 13.1. The van der Waals surface area contributed by atoms with Gasteiger partial charge < -0.3 is 15.0 Å². The first-order chi connectivity index (χ1) is 15.5. The SMILES string of the molecule is Cc1ccc(S(=O)(=O)N2CCN(C(=O)NCc3ccc(COCC(F)(F)F)cc3)CC2)cc1. The van der Waals surface area contributed by atoms with Gasteiger partial charge in [-0.3, -0.25) is 0 Å². The first-order valence-electron chi connectivity index (χ1n) is 10.4. The molecule has 0 saturated carbocycles. The predicted molar refractivity (Wildman–Crippen MR) is 116 cm³/mol. The zero-order valence-corrected chi connectivity index (χ0v) is 19.0. The van der Waals surface area contributed by atoms with Gasteiger partial charge in [0.2, 0.25) is 10.0 Å². The highest BCUT2D eigenvalue weighted by Crippen LogP contribution is 2.19. The Balaban J connectivity index is 1.44.